The number of alkyl halides is 1. The van der Waals surface area contributed by atoms with Crippen molar-refractivity contribution in [2.24, 2.45) is 5.41 Å². The predicted molar refractivity (Wildman–Crippen MR) is 77.4 cm³/mol. The molecule has 1 aromatic rings. The highest BCUT2D eigenvalue weighted by molar-refractivity contribution is 9.09. The first-order chi connectivity index (χ1) is 9.44. The second kappa shape index (κ2) is 5.51. The maximum atomic E-state index is 12.3. The van der Waals surface area contributed by atoms with Crippen molar-refractivity contribution in [2.45, 2.75) is 39.3 Å². The summed E-state index contributed by atoms with van der Waals surface area (Å²) < 4.78 is 2.27. The third kappa shape index (κ3) is 2.70. The van der Waals surface area contributed by atoms with Gasteiger partial charge < -0.3 is 0 Å². The Morgan fingerprint density at radius 1 is 1.45 bits per heavy atom. The van der Waals surface area contributed by atoms with Crippen molar-refractivity contribution < 1.29 is 4.92 Å². The molecule has 1 aliphatic carbocycles. The first kappa shape index (κ1) is 15.0. The molecule has 0 atom stereocenters. The lowest BCUT2D eigenvalue weighted by atomic mass is 10.1. The van der Waals surface area contributed by atoms with E-state index in [9.17, 15) is 19.7 Å². The molecule has 0 radical (unpaired) electrons. The Labute approximate surface area is 123 Å². The van der Waals surface area contributed by atoms with Crippen molar-refractivity contribution >= 4 is 21.6 Å². The summed E-state index contributed by atoms with van der Waals surface area (Å²) in [7, 11) is 0. The van der Waals surface area contributed by atoms with Crippen LogP contribution in [-0.2, 0) is 13.1 Å². The lowest BCUT2D eigenvalue weighted by Crippen LogP contribution is -2.42. The van der Waals surface area contributed by atoms with Crippen LogP contribution in [0.15, 0.2) is 15.8 Å². The van der Waals surface area contributed by atoms with Gasteiger partial charge in [0, 0.05) is 18.4 Å². The Kier molecular flexibility index (Phi) is 4.12. The molecule has 0 spiro atoms. The predicted octanol–water partition coefficient (Wildman–Crippen LogP) is 1.50. The molecule has 2 rings (SSSR count). The van der Waals surface area contributed by atoms with E-state index in [0.717, 1.165) is 23.6 Å². The number of hydrogen-bond acceptors (Lipinski definition) is 4. The minimum Gasteiger partial charge on any atom is -0.293 e. The average Bonchev–Trinajstić information content (AvgIpc) is 3.18. The van der Waals surface area contributed by atoms with Gasteiger partial charge in [-0.2, -0.15) is 0 Å². The van der Waals surface area contributed by atoms with Crippen LogP contribution < -0.4 is 11.2 Å². The van der Waals surface area contributed by atoms with E-state index in [1.165, 1.54) is 4.57 Å². The van der Waals surface area contributed by atoms with Crippen LogP contribution in [0.25, 0.3) is 0 Å². The van der Waals surface area contributed by atoms with Gasteiger partial charge in [0.1, 0.15) is 0 Å². The highest BCUT2D eigenvalue weighted by atomic mass is 79.9. The van der Waals surface area contributed by atoms with Crippen LogP contribution >= 0.6 is 15.9 Å². The van der Waals surface area contributed by atoms with Gasteiger partial charge in [-0.3, -0.25) is 24.0 Å². The molecule has 110 valence electrons. The summed E-state index contributed by atoms with van der Waals surface area (Å²) in [6, 6.07) is 0. The smallest absolute Gasteiger partial charge is 0.293 e. The van der Waals surface area contributed by atoms with Crippen molar-refractivity contribution in [3.05, 3.63) is 37.1 Å². The second-order valence-electron chi connectivity index (χ2n) is 5.27. The second-order valence-corrected chi connectivity index (χ2v) is 5.83. The summed E-state index contributed by atoms with van der Waals surface area (Å²) in [4.78, 5) is 34.6. The minimum atomic E-state index is -0.806. The molecule has 1 fully saturated rings. The van der Waals surface area contributed by atoms with Gasteiger partial charge in [0.2, 0.25) is 0 Å². The van der Waals surface area contributed by atoms with Crippen LogP contribution in [0, 0.1) is 15.5 Å². The van der Waals surface area contributed by atoms with E-state index in [2.05, 4.69) is 15.9 Å². The lowest BCUT2D eigenvalue weighted by Gasteiger charge is -2.14. The van der Waals surface area contributed by atoms with E-state index >= 15 is 0 Å². The van der Waals surface area contributed by atoms with Crippen LogP contribution in [0.2, 0.25) is 0 Å². The van der Waals surface area contributed by atoms with E-state index < -0.39 is 21.9 Å². The molecule has 1 heterocycles. The van der Waals surface area contributed by atoms with E-state index in [1.807, 2.05) is 6.92 Å². The molecule has 0 bridgehead atoms. The molecule has 0 unspecified atom stereocenters. The van der Waals surface area contributed by atoms with Gasteiger partial charge in [-0.05, 0) is 24.7 Å². The summed E-state index contributed by atoms with van der Waals surface area (Å²) in [6.45, 7) is 2.47. The Balaban J connectivity index is 2.56. The Morgan fingerprint density at radius 3 is 2.55 bits per heavy atom. The number of halogens is 1. The normalized spacial score (nSPS) is 16.1. The summed E-state index contributed by atoms with van der Waals surface area (Å²) in [6.07, 6.45) is 3.55. The lowest BCUT2D eigenvalue weighted by molar-refractivity contribution is -0.387. The fraction of sp³-hybridized carbons (Fsp3) is 0.667. The van der Waals surface area contributed by atoms with Crippen LogP contribution in [0.5, 0.6) is 0 Å². The Bertz CT molecular complexity index is 645. The minimum absolute atomic E-state index is 0.109. The molecule has 0 saturated heterocycles. The van der Waals surface area contributed by atoms with Gasteiger partial charge in [0.15, 0.2) is 0 Å². The highest BCUT2D eigenvalue weighted by Crippen LogP contribution is 2.48. The van der Waals surface area contributed by atoms with E-state index in [-0.39, 0.29) is 12.0 Å². The molecule has 0 amide bonds. The monoisotopic (exact) mass is 345 g/mol. The zero-order valence-electron chi connectivity index (χ0n) is 11.2. The van der Waals surface area contributed by atoms with Crippen molar-refractivity contribution in [3.8, 4) is 0 Å². The van der Waals surface area contributed by atoms with Crippen molar-refractivity contribution in [3.63, 3.8) is 0 Å². The zero-order valence-corrected chi connectivity index (χ0v) is 12.8. The van der Waals surface area contributed by atoms with Crippen molar-refractivity contribution in [1.82, 2.24) is 9.13 Å². The summed E-state index contributed by atoms with van der Waals surface area (Å²) in [5.41, 5.74) is -1.92. The van der Waals surface area contributed by atoms with E-state index in [1.54, 1.807) is 0 Å². The number of aryl methyl sites for hydroxylation is 1. The number of hydrogen-bond donors (Lipinski definition) is 0. The van der Waals surface area contributed by atoms with Crippen LogP contribution in [-0.4, -0.2) is 19.4 Å². The highest BCUT2D eigenvalue weighted by Gasteiger charge is 2.43. The summed E-state index contributed by atoms with van der Waals surface area (Å²) in [5.74, 6) is 0. The van der Waals surface area contributed by atoms with E-state index in [0.29, 0.717) is 18.3 Å². The maximum Gasteiger partial charge on any atom is 0.350 e. The van der Waals surface area contributed by atoms with Gasteiger partial charge in [0.05, 0.1) is 11.1 Å². The molecule has 0 aliphatic heterocycles. The van der Waals surface area contributed by atoms with Crippen LogP contribution in [0.4, 0.5) is 5.69 Å². The standard InChI is InChI=1S/C12H16BrN3O4/c1-2-5-14-6-9(16(19)20)10(17)15(11(14)18)8-12(7-13)3-4-12/h6H,2-5,7-8H2,1H3. The maximum absolute atomic E-state index is 12.3. The number of nitro groups is 1. The van der Waals surface area contributed by atoms with Gasteiger partial charge in [-0.25, -0.2) is 4.79 Å². The Hall–Kier alpha value is -1.44. The third-order valence-electron chi connectivity index (χ3n) is 3.61. The molecule has 1 aliphatic rings. The van der Waals surface area contributed by atoms with Gasteiger partial charge >= 0.3 is 16.9 Å². The van der Waals surface area contributed by atoms with Crippen LogP contribution in [0.3, 0.4) is 0 Å². The number of aromatic nitrogens is 2. The molecule has 7 nitrogen and oxygen atoms in total. The first-order valence-corrected chi connectivity index (χ1v) is 7.61. The number of rotatable bonds is 6. The molecular weight excluding hydrogens is 330 g/mol. The van der Waals surface area contributed by atoms with Gasteiger partial charge in [-0.1, -0.05) is 22.9 Å². The quantitative estimate of drug-likeness (QED) is 0.444. The number of nitrogens with zero attached hydrogens (tertiary/aromatic N) is 3. The van der Waals surface area contributed by atoms with E-state index in [4.69, 9.17) is 0 Å². The van der Waals surface area contributed by atoms with Crippen molar-refractivity contribution in [1.29, 1.82) is 0 Å². The third-order valence-corrected chi connectivity index (χ3v) is 4.80. The molecule has 1 aromatic heterocycles. The molecular formula is C12H16BrN3O4. The zero-order chi connectivity index (χ0) is 14.9. The average molecular weight is 346 g/mol. The topological polar surface area (TPSA) is 87.1 Å². The fourth-order valence-corrected chi connectivity index (χ4v) is 2.89. The molecule has 8 heteroatoms. The van der Waals surface area contributed by atoms with Crippen molar-refractivity contribution in [2.75, 3.05) is 5.33 Å². The SMILES string of the molecule is CCCn1cc([N+](=O)[O-])c(=O)n(CC2(CBr)CC2)c1=O. The fourth-order valence-electron chi connectivity index (χ4n) is 2.15. The largest absolute Gasteiger partial charge is 0.350 e. The van der Waals surface area contributed by atoms with Gasteiger partial charge in [0.25, 0.3) is 0 Å². The van der Waals surface area contributed by atoms with Crippen LogP contribution in [0.1, 0.15) is 26.2 Å². The van der Waals surface area contributed by atoms with Gasteiger partial charge in [-0.15, -0.1) is 0 Å². The summed E-state index contributed by atoms with van der Waals surface area (Å²) >= 11 is 3.38. The molecule has 0 N–H and O–H groups in total. The molecule has 20 heavy (non-hydrogen) atoms. The molecule has 0 aromatic carbocycles. The Morgan fingerprint density at radius 2 is 2.10 bits per heavy atom. The first-order valence-electron chi connectivity index (χ1n) is 6.49. The molecule has 1 saturated carbocycles. The summed E-state index contributed by atoms with van der Waals surface area (Å²) in [5, 5.41) is 11.6.